The summed E-state index contributed by atoms with van der Waals surface area (Å²) in [6.45, 7) is 1.95. The third kappa shape index (κ3) is 4.52. The first-order chi connectivity index (χ1) is 18.7. The molecule has 0 saturated heterocycles. The van der Waals surface area contributed by atoms with Gasteiger partial charge in [0.25, 0.3) is 5.56 Å². The van der Waals surface area contributed by atoms with Crippen LogP contribution in [0.2, 0.25) is 0 Å². The van der Waals surface area contributed by atoms with Crippen molar-refractivity contribution in [3.63, 3.8) is 0 Å². The first-order valence-corrected chi connectivity index (χ1v) is 12.7. The summed E-state index contributed by atoms with van der Waals surface area (Å²) >= 11 is 0. The first-order valence-electron chi connectivity index (χ1n) is 12.7. The molecule has 0 fully saturated rings. The summed E-state index contributed by atoms with van der Waals surface area (Å²) in [5.41, 5.74) is 4.83. The van der Waals surface area contributed by atoms with E-state index in [1.807, 2.05) is 61.5 Å². The smallest absolute Gasteiger partial charge is 0.266 e. The van der Waals surface area contributed by atoms with Crippen molar-refractivity contribution in [3.8, 4) is 5.69 Å². The van der Waals surface area contributed by atoms with Gasteiger partial charge >= 0.3 is 0 Å². The van der Waals surface area contributed by atoms with Gasteiger partial charge in [-0.25, -0.2) is 19.9 Å². The number of aromatic nitrogens is 6. The minimum atomic E-state index is -0.307. The molecule has 6 rings (SSSR count). The number of nitrogens with zero attached hydrogens (tertiary/aromatic N) is 5. The number of hydrogen-bond acceptors (Lipinski definition) is 6. The van der Waals surface area contributed by atoms with Crippen LogP contribution in [0, 0.1) is 6.92 Å². The average molecular weight is 502 g/mol. The maximum absolute atomic E-state index is 14.0. The lowest BCUT2D eigenvalue weighted by molar-refractivity contribution is 0.595. The number of aryl methyl sites for hydroxylation is 2. The molecule has 0 bridgehead atoms. The van der Waals surface area contributed by atoms with Gasteiger partial charge < -0.3 is 10.3 Å². The van der Waals surface area contributed by atoms with Gasteiger partial charge in [0.1, 0.15) is 17.7 Å². The van der Waals surface area contributed by atoms with E-state index >= 15 is 0 Å². The monoisotopic (exact) mass is 501 g/mol. The molecule has 3 aromatic heterocycles. The number of H-pyrrole nitrogens is 1. The van der Waals surface area contributed by atoms with Crippen molar-refractivity contribution in [1.29, 1.82) is 0 Å². The molecule has 0 spiro atoms. The Morgan fingerprint density at radius 1 is 0.921 bits per heavy atom. The van der Waals surface area contributed by atoms with Gasteiger partial charge in [-0.15, -0.1) is 0 Å². The molecule has 0 amide bonds. The quantitative estimate of drug-likeness (QED) is 0.284. The van der Waals surface area contributed by atoms with Crippen molar-refractivity contribution in [2.24, 2.45) is 0 Å². The molecule has 3 aromatic carbocycles. The van der Waals surface area contributed by atoms with Crippen molar-refractivity contribution in [2.45, 2.75) is 32.2 Å². The lowest BCUT2D eigenvalue weighted by Crippen LogP contribution is -2.29. The van der Waals surface area contributed by atoms with E-state index < -0.39 is 0 Å². The molecule has 38 heavy (non-hydrogen) atoms. The number of aromatic amines is 1. The van der Waals surface area contributed by atoms with Crippen LogP contribution in [0.15, 0.2) is 96.3 Å². The van der Waals surface area contributed by atoms with Crippen molar-refractivity contribution >= 4 is 27.9 Å². The second-order valence-corrected chi connectivity index (χ2v) is 9.31. The summed E-state index contributed by atoms with van der Waals surface area (Å²) in [7, 11) is 0. The van der Waals surface area contributed by atoms with Crippen LogP contribution in [0.25, 0.3) is 27.8 Å². The van der Waals surface area contributed by atoms with Crippen LogP contribution < -0.4 is 10.9 Å². The molecule has 6 aromatic rings. The Labute approximate surface area is 219 Å². The fourth-order valence-electron chi connectivity index (χ4n) is 4.93. The molecule has 8 heteroatoms. The molecular weight excluding hydrogens is 474 g/mol. The molecule has 2 N–H and O–H groups in total. The number of imidazole rings is 1. The molecule has 0 aliphatic carbocycles. The van der Waals surface area contributed by atoms with Gasteiger partial charge in [-0.05, 0) is 55.5 Å². The zero-order valence-corrected chi connectivity index (χ0v) is 21.0. The highest BCUT2D eigenvalue weighted by Gasteiger charge is 2.23. The second-order valence-electron chi connectivity index (χ2n) is 9.31. The Hall–Kier alpha value is -4.85. The molecule has 0 radical (unpaired) electrons. The molecule has 0 aliphatic rings. The fraction of sp³-hybridized carbons (Fsp3) is 0.167. The topological polar surface area (TPSA) is 101 Å². The van der Waals surface area contributed by atoms with Gasteiger partial charge in [-0.2, -0.15) is 0 Å². The molecule has 0 saturated carbocycles. The maximum atomic E-state index is 14.0. The summed E-state index contributed by atoms with van der Waals surface area (Å²) in [5.74, 6) is 1.26. The van der Waals surface area contributed by atoms with Gasteiger partial charge in [0.15, 0.2) is 11.5 Å². The minimum absolute atomic E-state index is 0.0847. The van der Waals surface area contributed by atoms with E-state index in [1.54, 1.807) is 10.9 Å². The van der Waals surface area contributed by atoms with Crippen LogP contribution in [0.3, 0.4) is 0 Å². The highest BCUT2D eigenvalue weighted by molar-refractivity contribution is 5.83. The number of rotatable bonds is 8. The maximum Gasteiger partial charge on any atom is 0.266 e. The van der Waals surface area contributed by atoms with Crippen LogP contribution >= 0.6 is 0 Å². The van der Waals surface area contributed by atoms with Crippen LogP contribution in [0.1, 0.15) is 35.8 Å². The van der Waals surface area contributed by atoms with Crippen LogP contribution in [-0.2, 0) is 6.42 Å². The summed E-state index contributed by atoms with van der Waals surface area (Å²) in [4.78, 5) is 35.3. The van der Waals surface area contributed by atoms with Crippen molar-refractivity contribution in [3.05, 3.63) is 119 Å². The fourth-order valence-corrected chi connectivity index (χ4v) is 4.93. The molecule has 1 atom stereocenters. The van der Waals surface area contributed by atoms with E-state index in [0.717, 1.165) is 30.5 Å². The Balaban J connectivity index is 1.49. The highest BCUT2D eigenvalue weighted by atomic mass is 16.1. The Morgan fingerprint density at radius 3 is 2.53 bits per heavy atom. The molecule has 0 aliphatic heterocycles. The summed E-state index contributed by atoms with van der Waals surface area (Å²) in [6.07, 6.45) is 5.62. The third-order valence-corrected chi connectivity index (χ3v) is 6.79. The second kappa shape index (κ2) is 10.3. The van der Waals surface area contributed by atoms with Gasteiger partial charge in [-0.3, -0.25) is 9.36 Å². The molecule has 8 nitrogen and oxygen atoms in total. The number of anilines is 1. The van der Waals surface area contributed by atoms with E-state index in [4.69, 9.17) is 4.98 Å². The summed E-state index contributed by atoms with van der Waals surface area (Å²) < 4.78 is 1.74. The number of benzene rings is 3. The largest absolute Gasteiger partial charge is 0.358 e. The SMILES string of the molecule is Cc1cccc2nc(C(CCCc3ccccc3)Nc3ncnc4nc[nH]c34)n(-c3ccccc3)c(=O)c12. The van der Waals surface area contributed by atoms with E-state index in [0.29, 0.717) is 33.7 Å². The van der Waals surface area contributed by atoms with Crippen LogP contribution in [0.5, 0.6) is 0 Å². The third-order valence-electron chi connectivity index (χ3n) is 6.79. The Bertz CT molecular complexity index is 1760. The summed E-state index contributed by atoms with van der Waals surface area (Å²) in [6, 6.07) is 25.6. The van der Waals surface area contributed by atoms with E-state index in [1.165, 1.54) is 11.9 Å². The molecule has 1 unspecified atom stereocenters. The normalized spacial score (nSPS) is 12.1. The summed E-state index contributed by atoms with van der Waals surface area (Å²) in [5, 5.41) is 4.21. The van der Waals surface area contributed by atoms with E-state index in [2.05, 4.69) is 49.5 Å². The molecular formula is C30H27N7O. The zero-order chi connectivity index (χ0) is 25.9. The van der Waals surface area contributed by atoms with E-state index in [-0.39, 0.29) is 11.6 Å². The van der Waals surface area contributed by atoms with Crippen molar-refractivity contribution < 1.29 is 0 Å². The predicted octanol–water partition coefficient (Wildman–Crippen LogP) is 5.54. The standard InChI is InChI=1S/C30H27N7O/c1-20-10-8-16-23-25(20)30(38)37(22-14-6-3-7-15-22)29(36-23)24(17-9-13-21-11-4-2-5-12-21)35-28-26-27(32-18-31-26)33-19-34-28/h2-8,10-12,14-16,18-19,24H,9,13,17H2,1H3,(H2,31,32,33,34,35). The molecule has 3 heterocycles. The number of nitrogens with one attached hydrogen (secondary N) is 2. The number of para-hydroxylation sites is 1. The van der Waals surface area contributed by atoms with Crippen molar-refractivity contribution in [1.82, 2.24) is 29.5 Å². The molecule has 188 valence electrons. The van der Waals surface area contributed by atoms with Gasteiger partial charge in [0.05, 0.1) is 29.0 Å². The highest BCUT2D eigenvalue weighted by Crippen LogP contribution is 2.28. The van der Waals surface area contributed by atoms with Crippen molar-refractivity contribution in [2.75, 3.05) is 5.32 Å². The van der Waals surface area contributed by atoms with Gasteiger partial charge in [-0.1, -0.05) is 60.7 Å². The number of hydrogen-bond donors (Lipinski definition) is 2. The predicted molar refractivity (Wildman–Crippen MR) is 150 cm³/mol. The minimum Gasteiger partial charge on any atom is -0.358 e. The average Bonchev–Trinajstić information content (AvgIpc) is 3.43. The Kier molecular flexibility index (Phi) is 6.35. The number of fused-ring (bicyclic) bond motifs is 2. The first kappa shape index (κ1) is 23.5. The lowest BCUT2D eigenvalue weighted by Gasteiger charge is -2.23. The van der Waals surface area contributed by atoms with Crippen LogP contribution in [-0.4, -0.2) is 29.5 Å². The Morgan fingerprint density at radius 2 is 1.71 bits per heavy atom. The van der Waals surface area contributed by atoms with E-state index in [9.17, 15) is 4.79 Å². The van der Waals surface area contributed by atoms with Gasteiger partial charge in [0.2, 0.25) is 0 Å². The van der Waals surface area contributed by atoms with Gasteiger partial charge in [0, 0.05) is 0 Å². The zero-order valence-electron chi connectivity index (χ0n) is 21.0. The van der Waals surface area contributed by atoms with Crippen LogP contribution in [0.4, 0.5) is 5.82 Å². The lowest BCUT2D eigenvalue weighted by atomic mass is 10.0.